The third kappa shape index (κ3) is 27.2. The summed E-state index contributed by atoms with van der Waals surface area (Å²) in [4.78, 5) is 23.6. The van der Waals surface area contributed by atoms with Crippen LogP contribution in [0.15, 0.2) is 0 Å². The van der Waals surface area contributed by atoms with Gasteiger partial charge in [0.1, 0.15) is 0 Å². The molecule has 0 aromatic carbocycles. The van der Waals surface area contributed by atoms with E-state index in [2.05, 4.69) is 20.8 Å². The van der Waals surface area contributed by atoms with Crippen LogP contribution < -0.4 is 0 Å². The van der Waals surface area contributed by atoms with Crippen molar-refractivity contribution in [2.45, 2.75) is 162 Å². The Labute approximate surface area is 212 Å². The smallest absolute Gasteiger partial charge is 0.305 e. The molecule has 0 aliphatic carbocycles. The number of esters is 2. The first kappa shape index (κ1) is 32.9. The standard InChI is InChI=1S/C30H58O4/c1-4-5-6-7-8-9-10-11-12-13-16-21-26-33-29(31)24-19-20-25-30(32)34-27-22-17-14-15-18-23-28(2)3/h28H,4-27H2,1-3H3. The van der Waals surface area contributed by atoms with Gasteiger partial charge in [0.25, 0.3) is 0 Å². The molecular weight excluding hydrogens is 424 g/mol. The molecule has 4 nitrogen and oxygen atoms in total. The van der Waals surface area contributed by atoms with Crippen molar-refractivity contribution >= 4 is 11.9 Å². The Bertz CT molecular complexity index is 447. The van der Waals surface area contributed by atoms with Crippen molar-refractivity contribution in [1.29, 1.82) is 0 Å². The van der Waals surface area contributed by atoms with Crippen molar-refractivity contribution in [3.8, 4) is 0 Å². The van der Waals surface area contributed by atoms with E-state index in [4.69, 9.17) is 9.47 Å². The fourth-order valence-electron chi connectivity index (χ4n) is 4.18. The Balaban J connectivity index is 3.29. The molecule has 0 fully saturated rings. The van der Waals surface area contributed by atoms with Crippen LogP contribution in [0.3, 0.4) is 0 Å². The summed E-state index contributed by atoms with van der Waals surface area (Å²) in [6, 6.07) is 0. The van der Waals surface area contributed by atoms with E-state index in [-0.39, 0.29) is 11.9 Å². The minimum absolute atomic E-state index is 0.131. The zero-order valence-corrected chi connectivity index (χ0v) is 23.2. The van der Waals surface area contributed by atoms with Crippen molar-refractivity contribution in [2.75, 3.05) is 13.2 Å². The Morgan fingerprint density at radius 3 is 1.24 bits per heavy atom. The van der Waals surface area contributed by atoms with Gasteiger partial charge in [-0.2, -0.15) is 0 Å². The van der Waals surface area contributed by atoms with Crippen LogP contribution in [0, 0.1) is 5.92 Å². The molecule has 0 saturated carbocycles. The molecule has 0 atom stereocenters. The third-order valence-electron chi connectivity index (χ3n) is 6.46. The highest BCUT2D eigenvalue weighted by Crippen LogP contribution is 2.13. The summed E-state index contributed by atoms with van der Waals surface area (Å²) < 4.78 is 10.6. The second-order valence-electron chi connectivity index (χ2n) is 10.5. The van der Waals surface area contributed by atoms with Crippen LogP contribution >= 0.6 is 0 Å². The van der Waals surface area contributed by atoms with Gasteiger partial charge in [0.05, 0.1) is 13.2 Å². The summed E-state index contributed by atoms with van der Waals surface area (Å²) in [6.45, 7) is 7.87. The van der Waals surface area contributed by atoms with E-state index in [0.29, 0.717) is 38.9 Å². The van der Waals surface area contributed by atoms with Gasteiger partial charge in [0.15, 0.2) is 0 Å². The normalized spacial score (nSPS) is 11.2. The van der Waals surface area contributed by atoms with Crippen molar-refractivity contribution in [3.63, 3.8) is 0 Å². The highest BCUT2D eigenvalue weighted by atomic mass is 16.5. The molecule has 4 heteroatoms. The molecule has 34 heavy (non-hydrogen) atoms. The van der Waals surface area contributed by atoms with Gasteiger partial charge < -0.3 is 9.47 Å². The lowest BCUT2D eigenvalue weighted by molar-refractivity contribution is -0.146. The molecule has 0 rings (SSSR count). The minimum atomic E-state index is -0.135. The van der Waals surface area contributed by atoms with E-state index in [1.54, 1.807) is 0 Å². The van der Waals surface area contributed by atoms with Crippen molar-refractivity contribution < 1.29 is 19.1 Å². The van der Waals surface area contributed by atoms with Gasteiger partial charge in [0.2, 0.25) is 0 Å². The highest BCUT2D eigenvalue weighted by Gasteiger charge is 2.06. The summed E-state index contributed by atoms with van der Waals surface area (Å²) in [5.41, 5.74) is 0. The van der Waals surface area contributed by atoms with Crippen LogP contribution in [0.2, 0.25) is 0 Å². The number of hydrogen-bond acceptors (Lipinski definition) is 4. The maximum atomic E-state index is 11.8. The Kier molecular flexibility index (Phi) is 25.7. The SMILES string of the molecule is CCCCCCCCCCCCCCOC(=O)CCCCC(=O)OCCCCCCCC(C)C. The number of carbonyl (C=O) groups is 2. The number of carbonyl (C=O) groups excluding carboxylic acids is 2. The Hall–Kier alpha value is -1.06. The Morgan fingerprint density at radius 2 is 0.853 bits per heavy atom. The molecule has 0 bridgehead atoms. The topological polar surface area (TPSA) is 52.6 Å². The van der Waals surface area contributed by atoms with Gasteiger partial charge >= 0.3 is 11.9 Å². The van der Waals surface area contributed by atoms with Gasteiger partial charge in [-0.05, 0) is 31.6 Å². The first-order valence-electron chi connectivity index (χ1n) is 14.9. The predicted molar refractivity (Wildman–Crippen MR) is 144 cm³/mol. The first-order valence-corrected chi connectivity index (χ1v) is 14.9. The molecule has 0 radical (unpaired) electrons. The fraction of sp³-hybridized carbons (Fsp3) is 0.933. The molecule has 0 unspecified atom stereocenters. The fourth-order valence-corrected chi connectivity index (χ4v) is 4.18. The second-order valence-corrected chi connectivity index (χ2v) is 10.5. The molecule has 0 heterocycles. The molecule has 0 spiro atoms. The van der Waals surface area contributed by atoms with Gasteiger partial charge in [-0.1, -0.05) is 124 Å². The van der Waals surface area contributed by atoms with E-state index in [1.807, 2.05) is 0 Å². The van der Waals surface area contributed by atoms with Crippen LogP contribution in [-0.4, -0.2) is 25.2 Å². The van der Waals surface area contributed by atoms with E-state index >= 15 is 0 Å². The summed E-state index contributed by atoms with van der Waals surface area (Å²) in [6.07, 6.45) is 25.1. The van der Waals surface area contributed by atoms with Crippen molar-refractivity contribution in [2.24, 2.45) is 5.92 Å². The van der Waals surface area contributed by atoms with E-state index < -0.39 is 0 Å². The molecule has 0 aromatic heterocycles. The summed E-state index contributed by atoms with van der Waals surface area (Å²) in [7, 11) is 0. The van der Waals surface area contributed by atoms with Gasteiger partial charge in [0, 0.05) is 12.8 Å². The molecule has 202 valence electrons. The molecule has 0 saturated heterocycles. The molecular formula is C30H58O4. The summed E-state index contributed by atoms with van der Waals surface area (Å²) in [5, 5.41) is 0. The average Bonchev–Trinajstić information content (AvgIpc) is 2.81. The largest absolute Gasteiger partial charge is 0.466 e. The number of ether oxygens (including phenoxy) is 2. The van der Waals surface area contributed by atoms with Crippen molar-refractivity contribution in [3.05, 3.63) is 0 Å². The summed E-state index contributed by atoms with van der Waals surface area (Å²) in [5.74, 6) is 0.528. The molecule has 0 amide bonds. The first-order chi connectivity index (χ1) is 16.6. The van der Waals surface area contributed by atoms with Crippen LogP contribution in [0.1, 0.15) is 162 Å². The van der Waals surface area contributed by atoms with Crippen LogP contribution in [0.4, 0.5) is 0 Å². The second kappa shape index (κ2) is 26.5. The molecule has 0 aliphatic heterocycles. The third-order valence-corrected chi connectivity index (χ3v) is 6.46. The highest BCUT2D eigenvalue weighted by molar-refractivity contribution is 5.70. The average molecular weight is 483 g/mol. The van der Waals surface area contributed by atoms with Gasteiger partial charge in [-0.25, -0.2) is 0 Å². The van der Waals surface area contributed by atoms with Crippen LogP contribution in [0.5, 0.6) is 0 Å². The van der Waals surface area contributed by atoms with Crippen LogP contribution in [-0.2, 0) is 19.1 Å². The number of hydrogen-bond donors (Lipinski definition) is 0. The summed E-state index contributed by atoms with van der Waals surface area (Å²) >= 11 is 0. The monoisotopic (exact) mass is 482 g/mol. The van der Waals surface area contributed by atoms with E-state index in [9.17, 15) is 9.59 Å². The zero-order valence-electron chi connectivity index (χ0n) is 23.2. The number of unbranched alkanes of at least 4 members (excludes halogenated alkanes) is 16. The minimum Gasteiger partial charge on any atom is -0.466 e. The molecule has 0 aromatic rings. The molecule has 0 N–H and O–H groups in total. The maximum Gasteiger partial charge on any atom is 0.305 e. The lowest BCUT2D eigenvalue weighted by atomic mass is 10.0. The van der Waals surface area contributed by atoms with Gasteiger partial charge in [-0.15, -0.1) is 0 Å². The molecule has 0 aliphatic rings. The lowest BCUT2D eigenvalue weighted by Gasteiger charge is -2.07. The number of rotatable bonds is 26. The predicted octanol–water partition coefficient (Wildman–Crippen LogP) is 9.33. The quantitative estimate of drug-likeness (QED) is 0.0910. The zero-order chi connectivity index (χ0) is 25.1. The maximum absolute atomic E-state index is 11.8. The van der Waals surface area contributed by atoms with Gasteiger partial charge in [-0.3, -0.25) is 9.59 Å². The van der Waals surface area contributed by atoms with Crippen LogP contribution in [0.25, 0.3) is 0 Å². The lowest BCUT2D eigenvalue weighted by Crippen LogP contribution is -2.08. The van der Waals surface area contributed by atoms with E-state index in [1.165, 1.54) is 89.9 Å². The van der Waals surface area contributed by atoms with Crippen molar-refractivity contribution in [1.82, 2.24) is 0 Å². The van der Waals surface area contributed by atoms with E-state index in [0.717, 1.165) is 31.6 Å². The Morgan fingerprint density at radius 1 is 0.500 bits per heavy atom.